The second-order valence-electron chi connectivity index (χ2n) is 4.26. The Morgan fingerprint density at radius 3 is 2.45 bits per heavy atom. The van der Waals surface area contributed by atoms with Crippen LogP contribution in [0.4, 0.5) is 5.69 Å². The van der Waals surface area contributed by atoms with Gasteiger partial charge in [0, 0.05) is 13.1 Å². The minimum Gasteiger partial charge on any atom is -0.454 e. The molecule has 4 nitrogen and oxygen atoms in total. The van der Waals surface area contributed by atoms with E-state index in [1.807, 2.05) is 0 Å². The van der Waals surface area contributed by atoms with Gasteiger partial charge in [0.2, 0.25) is 0 Å². The summed E-state index contributed by atoms with van der Waals surface area (Å²) in [4.78, 5) is -0.00870. The molecule has 0 bridgehead atoms. The predicted molar refractivity (Wildman–Crippen MR) is 78.6 cm³/mol. The lowest BCUT2D eigenvalue weighted by molar-refractivity contribution is 0.473. The molecule has 7 heteroatoms. The minimum absolute atomic E-state index is 0.00870. The highest BCUT2D eigenvalue weighted by Gasteiger charge is 2.31. The van der Waals surface area contributed by atoms with E-state index >= 15 is 0 Å². The fraction of sp³-hybridized carbons (Fsp3) is 0.0769. The summed E-state index contributed by atoms with van der Waals surface area (Å²) in [6, 6.07) is 9.58. The molecule has 3 rings (SSSR count). The van der Waals surface area contributed by atoms with E-state index in [4.69, 9.17) is 27.9 Å². The number of anilines is 1. The van der Waals surface area contributed by atoms with E-state index in [-0.39, 0.29) is 20.7 Å². The summed E-state index contributed by atoms with van der Waals surface area (Å²) < 4.78 is 32.0. The Hall–Kier alpha value is -1.43. The highest BCUT2D eigenvalue weighted by molar-refractivity contribution is 7.93. The van der Waals surface area contributed by atoms with Crippen LogP contribution in [-0.4, -0.2) is 15.5 Å². The molecule has 104 valence electrons. The first-order valence-electron chi connectivity index (χ1n) is 5.66. The molecule has 0 saturated carbocycles. The maximum atomic E-state index is 12.6. The zero-order chi connectivity index (χ0) is 14.5. The molecule has 0 radical (unpaired) electrons. The Morgan fingerprint density at radius 2 is 1.70 bits per heavy atom. The van der Waals surface area contributed by atoms with Crippen LogP contribution >= 0.6 is 23.2 Å². The van der Waals surface area contributed by atoms with E-state index in [0.29, 0.717) is 11.4 Å². The summed E-state index contributed by atoms with van der Waals surface area (Å²) in [5, 5.41) is 0.402. The zero-order valence-electron chi connectivity index (χ0n) is 10.3. The van der Waals surface area contributed by atoms with Crippen molar-refractivity contribution in [2.24, 2.45) is 0 Å². The Labute approximate surface area is 126 Å². The summed E-state index contributed by atoms with van der Waals surface area (Å²) >= 11 is 11.8. The fourth-order valence-electron chi connectivity index (χ4n) is 1.99. The quantitative estimate of drug-likeness (QED) is 0.735. The molecule has 0 saturated heterocycles. The van der Waals surface area contributed by atoms with Crippen molar-refractivity contribution in [3.8, 4) is 11.5 Å². The normalized spacial score (nSPS) is 15.8. The molecular formula is C13H9Cl2NO3S. The average molecular weight is 330 g/mol. The minimum atomic E-state index is -3.74. The smallest absolute Gasteiger partial charge is 0.267 e. The first-order valence-corrected chi connectivity index (χ1v) is 7.86. The lowest BCUT2D eigenvalue weighted by Crippen LogP contribution is -2.25. The summed E-state index contributed by atoms with van der Waals surface area (Å²) in [6.07, 6.45) is 0. The van der Waals surface area contributed by atoms with Gasteiger partial charge in [-0.15, -0.1) is 0 Å². The van der Waals surface area contributed by atoms with Crippen LogP contribution < -0.4 is 9.04 Å². The van der Waals surface area contributed by atoms with Crippen LogP contribution in [0.2, 0.25) is 10.0 Å². The Balaban J connectivity index is 2.35. The highest BCUT2D eigenvalue weighted by atomic mass is 35.5. The standard InChI is InChI=1S/C13H9Cl2NO3S/c1-16-10-4-2-3-5-11(10)19-12-6-8(14)9(15)7-13(12)20(16,17)18/h2-7H,1H3. The van der Waals surface area contributed by atoms with Crippen LogP contribution in [0.25, 0.3) is 0 Å². The predicted octanol–water partition coefficient (Wildman–Crippen LogP) is 3.92. The first-order chi connectivity index (χ1) is 9.41. The molecule has 0 atom stereocenters. The molecule has 0 fully saturated rings. The maximum absolute atomic E-state index is 12.6. The summed E-state index contributed by atoms with van der Waals surface area (Å²) in [7, 11) is -2.28. The Bertz CT molecular complexity index is 805. The van der Waals surface area contributed by atoms with Crippen molar-refractivity contribution in [1.82, 2.24) is 0 Å². The topological polar surface area (TPSA) is 46.6 Å². The monoisotopic (exact) mass is 329 g/mol. The lowest BCUT2D eigenvalue weighted by atomic mass is 10.3. The number of hydrogen-bond acceptors (Lipinski definition) is 3. The molecule has 0 unspecified atom stereocenters. The first kappa shape index (κ1) is 13.5. The number of para-hydroxylation sites is 2. The van der Waals surface area contributed by atoms with E-state index in [1.165, 1.54) is 23.5 Å². The molecule has 0 spiro atoms. The molecule has 2 aromatic carbocycles. The van der Waals surface area contributed by atoms with Gasteiger partial charge in [0.15, 0.2) is 5.75 Å². The van der Waals surface area contributed by atoms with E-state index in [9.17, 15) is 8.42 Å². The molecule has 1 aliphatic rings. The third-order valence-electron chi connectivity index (χ3n) is 3.05. The molecule has 0 N–H and O–H groups in total. The third-order valence-corrected chi connectivity index (χ3v) is 5.56. The van der Waals surface area contributed by atoms with Gasteiger partial charge in [-0.25, -0.2) is 8.42 Å². The lowest BCUT2D eigenvalue weighted by Gasteiger charge is -2.17. The molecule has 0 aliphatic carbocycles. The van der Waals surface area contributed by atoms with Gasteiger partial charge in [0.25, 0.3) is 10.0 Å². The Kier molecular flexibility index (Phi) is 3.08. The van der Waals surface area contributed by atoms with E-state index in [0.717, 1.165) is 0 Å². The van der Waals surface area contributed by atoms with Crippen molar-refractivity contribution in [2.75, 3.05) is 11.4 Å². The molecule has 1 aliphatic heterocycles. The van der Waals surface area contributed by atoms with E-state index < -0.39 is 10.0 Å². The van der Waals surface area contributed by atoms with Crippen molar-refractivity contribution in [3.63, 3.8) is 0 Å². The van der Waals surface area contributed by atoms with Crippen LogP contribution in [0.3, 0.4) is 0 Å². The number of fused-ring (bicyclic) bond motifs is 2. The largest absolute Gasteiger partial charge is 0.454 e. The number of nitrogens with zero attached hydrogens (tertiary/aromatic N) is 1. The van der Waals surface area contributed by atoms with Crippen LogP contribution in [-0.2, 0) is 10.0 Å². The molecular weight excluding hydrogens is 321 g/mol. The number of hydrogen-bond donors (Lipinski definition) is 0. The molecule has 20 heavy (non-hydrogen) atoms. The zero-order valence-corrected chi connectivity index (χ0v) is 12.6. The second kappa shape index (κ2) is 4.55. The summed E-state index contributed by atoms with van der Waals surface area (Å²) in [5.74, 6) is 0.604. The number of halogens is 2. The SMILES string of the molecule is CN1c2ccccc2Oc2cc(Cl)c(Cl)cc2S1(=O)=O. The van der Waals surface area contributed by atoms with Crippen molar-refractivity contribution in [1.29, 1.82) is 0 Å². The third kappa shape index (κ3) is 1.93. The number of benzene rings is 2. The van der Waals surface area contributed by atoms with Crippen LogP contribution in [0.1, 0.15) is 0 Å². The maximum Gasteiger partial charge on any atom is 0.267 e. The van der Waals surface area contributed by atoms with Gasteiger partial charge >= 0.3 is 0 Å². The fourth-order valence-corrected chi connectivity index (χ4v) is 3.70. The number of rotatable bonds is 0. The summed E-state index contributed by atoms with van der Waals surface area (Å²) in [6.45, 7) is 0. The number of sulfonamides is 1. The second-order valence-corrected chi connectivity index (χ2v) is 7.01. The van der Waals surface area contributed by atoms with Gasteiger partial charge in [-0.1, -0.05) is 35.3 Å². The van der Waals surface area contributed by atoms with Gasteiger partial charge in [-0.3, -0.25) is 4.31 Å². The van der Waals surface area contributed by atoms with Crippen molar-refractivity contribution in [3.05, 3.63) is 46.4 Å². The number of ether oxygens (including phenoxy) is 1. The van der Waals surface area contributed by atoms with E-state index in [1.54, 1.807) is 24.3 Å². The van der Waals surface area contributed by atoms with Crippen molar-refractivity contribution >= 4 is 38.9 Å². The van der Waals surface area contributed by atoms with Gasteiger partial charge < -0.3 is 4.74 Å². The van der Waals surface area contributed by atoms with Crippen molar-refractivity contribution in [2.45, 2.75) is 4.90 Å². The van der Waals surface area contributed by atoms with Crippen molar-refractivity contribution < 1.29 is 13.2 Å². The van der Waals surface area contributed by atoms with Gasteiger partial charge in [-0.05, 0) is 18.2 Å². The van der Waals surface area contributed by atoms with E-state index in [2.05, 4.69) is 0 Å². The van der Waals surface area contributed by atoms with Gasteiger partial charge in [0.1, 0.15) is 10.6 Å². The van der Waals surface area contributed by atoms with Crippen LogP contribution in [0.5, 0.6) is 11.5 Å². The molecule has 2 aromatic rings. The highest BCUT2D eigenvalue weighted by Crippen LogP contribution is 2.44. The molecule has 1 heterocycles. The Morgan fingerprint density at radius 1 is 1.05 bits per heavy atom. The van der Waals surface area contributed by atoms with Crippen LogP contribution in [0.15, 0.2) is 41.3 Å². The molecule has 0 aromatic heterocycles. The summed E-state index contributed by atoms with van der Waals surface area (Å²) in [5.41, 5.74) is 0.455. The molecule has 0 amide bonds. The average Bonchev–Trinajstić information content (AvgIpc) is 2.48. The van der Waals surface area contributed by atoms with Crippen LogP contribution in [0, 0.1) is 0 Å². The van der Waals surface area contributed by atoms with Gasteiger partial charge in [-0.2, -0.15) is 0 Å². The van der Waals surface area contributed by atoms with Gasteiger partial charge in [0.05, 0.1) is 15.7 Å².